The minimum atomic E-state index is -1.30. The van der Waals surface area contributed by atoms with Gasteiger partial charge in [0.15, 0.2) is 0 Å². The molecule has 0 bridgehead atoms. The molecule has 3 rings (SSSR count). The molecule has 2 atom stereocenters. The second kappa shape index (κ2) is 5.08. The van der Waals surface area contributed by atoms with Crippen LogP contribution in [-0.4, -0.2) is 12.1 Å². The summed E-state index contributed by atoms with van der Waals surface area (Å²) in [6, 6.07) is 7.48. The Hall–Kier alpha value is -2.16. The van der Waals surface area contributed by atoms with E-state index in [9.17, 15) is 4.39 Å². The van der Waals surface area contributed by atoms with Crippen molar-refractivity contribution in [3.63, 3.8) is 0 Å². The van der Waals surface area contributed by atoms with Gasteiger partial charge >= 0.3 is 0 Å². The Kier molecular flexibility index (Phi) is 3.26. The standard InChI is InChI=1S/C17H16FNO/c1-11-4-3-5-15-16(10-19-17(11)15)13-6-8-14(9-7-13)20-12(2)18/h3-10,12,15H,1-2H3. The summed E-state index contributed by atoms with van der Waals surface area (Å²) >= 11 is 0. The maximum absolute atomic E-state index is 12.8. The zero-order valence-electron chi connectivity index (χ0n) is 11.5. The summed E-state index contributed by atoms with van der Waals surface area (Å²) in [6.45, 7) is 3.45. The number of aliphatic imine (C=N–C) groups is 1. The number of halogens is 1. The van der Waals surface area contributed by atoms with Crippen LogP contribution in [0.4, 0.5) is 4.39 Å². The molecule has 1 aromatic carbocycles. The first kappa shape index (κ1) is 12.9. The van der Waals surface area contributed by atoms with E-state index in [1.807, 2.05) is 18.3 Å². The van der Waals surface area contributed by atoms with E-state index in [-0.39, 0.29) is 5.92 Å². The smallest absolute Gasteiger partial charge is 0.235 e. The highest BCUT2D eigenvalue weighted by atomic mass is 19.1. The van der Waals surface area contributed by atoms with Crippen molar-refractivity contribution in [2.24, 2.45) is 10.9 Å². The van der Waals surface area contributed by atoms with Gasteiger partial charge < -0.3 is 4.74 Å². The molecule has 2 nitrogen and oxygen atoms in total. The third-order valence-electron chi connectivity index (χ3n) is 3.51. The third-order valence-corrected chi connectivity index (χ3v) is 3.51. The predicted octanol–water partition coefficient (Wildman–Crippen LogP) is 4.31. The molecule has 0 saturated heterocycles. The molecule has 1 heterocycles. The van der Waals surface area contributed by atoms with E-state index in [2.05, 4.69) is 30.1 Å². The Morgan fingerprint density at radius 2 is 2.00 bits per heavy atom. The van der Waals surface area contributed by atoms with E-state index < -0.39 is 6.36 Å². The first-order valence-corrected chi connectivity index (χ1v) is 6.69. The first-order valence-electron chi connectivity index (χ1n) is 6.69. The molecule has 0 aromatic heterocycles. The van der Waals surface area contributed by atoms with Gasteiger partial charge in [-0.2, -0.15) is 0 Å². The van der Waals surface area contributed by atoms with E-state index in [1.165, 1.54) is 18.1 Å². The monoisotopic (exact) mass is 269 g/mol. The lowest BCUT2D eigenvalue weighted by molar-refractivity contribution is 0.0860. The van der Waals surface area contributed by atoms with Crippen LogP contribution < -0.4 is 4.74 Å². The molecule has 0 spiro atoms. The molecule has 0 radical (unpaired) electrons. The van der Waals surface area contributed by atoms with Gasteiger partial charge in [-0.1, -0.05) is 30.4 Å². The Morgan fingerprint density at radius 1 is 1.25 bits per heavy atom. The predicted molar refractivity (Wildman–Crippen MR) is 79.4 cm³/mol. The topological polar surface area (TPSA) is 21.6 Å². The Labute approximate surface area is 118 Å². The molecule has 1 aliphatic heterocycles. The normalized spacial score (nSPS) is 21.8. The van der Waals surface area contributed by atoms with Crippen molar-refractivity contribution in [2.75, 3.05) is 0 Å². The Balaban J connectivity index is 1.82. The van der Waals surface area contributed by atoms with Crippen molar-refractivity contribution in [3.8, 4) is 5.75 Å². The largest absolute Gasteiger partial charge is 0.461 e. The molecule has 1 aromatic rings. The molecule has 0 N–H and O–H groups in total. The summed E-state index contributed by atoms with van der Waals surface area (Å²) in [5, 5.41) is 0. The number of ether oxygens (including phenoxy) is 1. The molecule has 0 saturated carbocycles. The SMILES string of the molecule is CC1=CC=CC2C(c3ccc(OC(C)F)cc3)=CN=C12. The van der Waals surface area contributed by atoms with Crippen molar-refractivity contribution in [2.45, 2.75) is 20.2 Å². The van der Waals surface area contributed by atoms with Crippen LogP contribution in [0, 0.1) is 5.92 Å². The molecule has 2 unspecified atom stereocenters. The molecule has 20 heavy (non-hydrogen) atoms. The second-order valence-electron chi connectivity index (χ2n) is 5.00. The number of fused-ring (bicyclic) bond motifs is 1. The van der Waals surface area contributed by atoms with Gasteiger partial charge in [-0.05, 0) is 35.8 Å². The Bertz CT molecular complexity index is 635. The average molecular weight is 269 g/mol. The summed E-state index contributed by atoms with van der Waals surface area (Å²) in [6.07, 6.45) is 6.92. The quantitative estimate of drug-likeness (QED) is 0.801. The van der Waals surface area contributed by atoms with E-state index in [0.29, 0.717) is 5.75 Å². The zero-order valence-corrected chi connectivity index (χ0v) is 11.5. The van der Waals surface area contributed by atoms with Gasteiger partial charge in [0.05, 0.1) is 5.71 Å². The van der Waals surface area contributed by atoms with Crippen molar-refractivity contribution < 1.29 is 9.13 Å². The van der Waals surface area contributed by atoms with E-state index in [1.54, 1.807) is 12.1 Å². The first-order chi connectivity index (χ1) is 9.65. The van der Waals surface area contributed by atoms with Crippen LogP contribution in [0.3, 0.4) is 0 Å². The van der Waals surface area contributed by atoms with E-state index >= 15 is 0 Å². The average Bonchev–Trinajstić information content (AvgIpc) is 2.84. The summed E-state index contributed by atoms with van der Waals surface area (Å²) in [5.74, 6) is 0.769. The lowest BCUT2D eigenvalue weighted by Crippen LogP contribution is -2.14. The highest BCUT2D eigenvalue weighted by Gasteiger charge is 2.26. The van der Waals surface area contributed by atoms with Crippen molar-refractivity contribution in [1.82, 2.24) is 0 Å². The van der Waals surface area contributed by atoms with Crippen molar-refractivity contribution in [1.29, 1.82) is 0 Å². The van der Waals surface area contributed by atoms with E-state index in [4.69, 9.17) is 4.74 Å². The molecule has 2 aliphatic rings. The molecular weight excluding hydrogens is 253 g/mol. The van der Waals surface area contributed by atoms with Gasteiger partial charge in [0.1, 0.15) is 5.75 Å². The number of alkyl halides is 1. The number of rotatable bonds is 3. The maximum Gasteiger partial charge on any atom is 0.235 e. The summed E-state index contributed by atoms with van der Waals surface area (Å²) < 4.78 is 17.8. The molecule has 3 heteroatoms. The number of hydrogen-bond donors (Lipinski definition) is 0. The summed E-state index contributed by atoms with van der Waals surface area (Å²) in [7, 11) is 0. The zero-order chi connectivity index (χ0) is 14.1. The fourth-order valence-corrected chi connectivity index (χ4v) is 2.55. The Morgan fingerprint density at radius 3 is 2.70 bits per heavy atom. The van der Waals surface area contributed by atoms with E-state index in [0.717, 1.165) is 11.3 Å². The van der Waals surface area contributed by atoms with Gasteiger partial charge in [0.2, 0.25) is 6.36 Å². The second-order valence-corrected chi connectivity index (χ2v) is 5.00. The maximum atomic E-state index is 12.8. The molecule has 102 valence electrons. The lowest BCUT2D eigenvalue weighted by Gasteiger charge is -2.17. The lowest BCUT2D eigenvalue weighted by atomic mass is 9.85. The van der Waals surface area contributed by atoms with Crippen LogP contribution in [0.5, 0.6) is 5.75 Å². The van der Waals surface area contributed by atoms with Gasteiger partial charge in [-0.25, -0.2) is 4.39 Å². The molecule has 1 aliphatic carbocycles. The minimum absolute atomic E-state index is 0.229. The fraction of sp³-hybridized carbons (Fsp3) is 0.235. The van der Waals surface area contributed by atoms with Crippen molar-refractivity contribution in [3.05, 3.63) is 59.8 Å². The van der Waals surface area contributed by atoms with Crippen LogP contribution in [0.25, 0.3) is 5.57 Å². The van der Waals surface area contributed by atoms with Gasteiger partial charge in [-0.3, -0.25) is 4.99 Å². The van der Waals surface area contributed by atoms with Crippen LogP contribution in [0.15, 0.2) is 59.3 Å². The minimum Gasteiger partial charge on any atom is -0.461 e. The van der Waals surface area contributed by atoms with Crippen LogP contribution in [-0.2, 0) is 0 Å². The van der Waals surface area contributed by atoms with Gasteiger partial charge in [-0.15, -0.1) is 0 Å². The number of hydrogen-bond acceptors (Lipinski definition) is 2. The number of benzene rings is 1. The highest BCUT2D eigenvalue weighted by Crippen LogP contribution is 2.35. The molecule has 0 amide bonds. The summed E-state index contributed by atoms with van der Waals surface area (Å²) in [4.78, 5) is 4.51. The highest BCUT2D eigenvalue weighted by molar-refractivity contribution is 6.12. The van der Waals surface area contributed by atoms with Crippen LogP contribution in [0.2, 0.25) is 0 Å². The molecule has 0 fully saturated rings. The van der Waals surface area contributed by atoms with Crippen LogP contribution in [0.1, 0.15) is 19.4 Å². The fourth-order valence-electron chi connectivity index (χ4n) is 2.55. The molecular formula is C17H16FNO. The van der Waals surface area contributed by atoms with Crippen molar-refractivity contribution >= 4 is 11.3 Å². The summed E-state index contributed by atoms with van der Waals surface area (Å²) in [5.41, 5.74) is 4.57. The number of nitrogens with zero attached hydrogens (tertiary/aromatic N) is 1. The van der Waals surface area contributed by atoms with Gasteiger partial charge in [0.25, 0.3) is 0 Å². The number of allylic oxidation sites excluding steroid dienone is 5. The third kappa shape index (κ3) is 2.31. The van der Waals surface area contributed by atoms with Crippen LogP contribution >= 0.6 is 0 Å². The van der Waals surface area contributed by atoms with Gasteiger partial charge in [0, 0.05) is 19.0 Å².